The summed E-state index contributed by atoms with van der Waals surface area (Å²) >= 11 is 0. The lowest BCUT2D eigenvalue weighted by atomic mass is 10.1. The van der Waals surface area contributed by atoms with Gasteiger partial charge in [0.05, 0.1) is 17.4 Å². The molecule has 164 valence electrons. The van der Waals surface area contributed by atoms with E-state index in [2.05, 4.69) is 20.4 Å². The molecule has 0 unspecified atom stereocenters. The summed E-state index contributed by atoms with van der Waals surface area (Å²) in [4.78, 5) is 20.6. The van der Waals surface area contributed by atoms with Crippen molar-refractivity contribution in [2.24, 2.45) is 0 Å². The van der Waals surface area contributed by atoms with Gasteiger partial charge in [0.2, 0.25) is 0 Å². The molecule has 4 aromatic rings. The fraction of sp³-hybridized carbons (Fsp3) is 0.0870. The minimum absolute atomic E-state index is 0.187. The van der Waals surface area contributed by atoms with E-state index < -0.39 is 23.3 Å². The van der Waals surface area contributed by atoms with Gasteiger partial charge in [0, 0.05) is 35.3 Å². The normalized spacial score (nSPS) is 11.1. The summed E-state index contributed by atoms with van der Waals surface area (Å²) in [6.45, 7) is 1.84. The molecular weight excluding hydrogens is 433 g/mol. The van der Waals surface area contributed by atoms with Crippen molar-refractivity contribution >= 4 is 11.7 Å². The summed E-state index contributed by atoms with van der Waals surface area (Å²) < 4.78 is 40.9. The van der Waals surface area contributed by atoms with Crippen LogP contribution in [0.4, 0.5) is 19.0 Å². The van der Waals surface area contributed by atoms with E-state index >= 15 is 0 Å². The number of halogens is 3. The van der Waals surface area contributed by atoms with Gasteiger partial charge >= 0.3 is 6.18 Å². The van der Waals surface area contributed by atoms with Crippen LogP contribution in [0.1, 0.15) is 27.2 Å². The lowest BCUT2D eigenvalue weighted by Crippen LogP contribution is -2.16. The van der Waals surface area contributed by atoms with E-state index in [4.69, 9.17) is 5.26 Å². The van der Waals surface area contributed by atoms with E-state index in [1.807, 2.05) is 19.1 Å². The number of rotatable bonds is 4. The highest BCUT2D eigenvalue weighted by Gasteiger charge is 2.32. The lowest BCUT2D eigenvalue weighted by molar-refractivity contribution is -0.137. The third kappa shape index (κ3) is 4.72. The molecule has 0 atom stereocenters. The molecule has 1 aromatic carbocycles. The summed E-state index contributed by atoms with van der Waals surface area (Å²) in [7, 11) is 0. The fourth-order valence-electron chi connectivity index (χ4n) is 3.14. The van der Waals surface area contributed by atoms with Crippen molar-refractivity contribution in [2.75, 3.05) is 5.32 Å². The van der Waals surface area contributed by atoms with Gasteiger partial charge in [0.15, 0.2) is 0 Å². The number of aromatic nitrogens is 4. The van der Waals surface area contributed by atoms with Gasteiger partial charge in [0.25, 0.3) is 5.91 Å². The van der Waals surface area contributed by atoms with E-state index in [9.17, 15) is 18.0 Å². The molecule has 3 heterocycles. The Morgan fingerprint density at radius 1 is 1.12 bits per heavy atom. The third-order valence-corrected chi connectivity index (χ3v) is 4.80. The van der Waals surface area contributed by atoms with Gasteiger partial charge < -0.3 is 5.32 Å². The first-order chi connectivity index (χ1) is 15.7. The van der Waals surface area contributed by atoms with E-state index in [1.165, 1.54) is 0 Å². The molecule has 7 nitrogen and oxygen atoms in total. The van der Waals surface area contributed by atoms with Crippen LogP contribution in [0, 0.1) is 18.3 Å². The standard InChI is InChI=1S/C23H15F3N6O/c1-14-4-5-15(7-20(14)32-13-17(12-29-32)16-3-2-6-28-11-16)22(33)31-21-9-18(23(24,25)26)8-19(10-27)30-21/h2-9,11-13H,1H3,(H,30,31,33). The van der Waals surface area contributed by atoms with E-state index in [0.29, 0.717) is 17.8 Å². The number of nitriles is 1. The fourth-order valence-corrected chi connectivity index (χ4v) is 3.14. The third-order valence-electron chi connectivity index (χ3n) is 4.80. The molecule has 0 aliphatic carbocycles. The number of pyridine rings is 2. The van der Waals surface area contributed by atoms with Crippen molar-refractivity contribution in [3.8, 4) is 22.9 Å². The summed E-state index contributed by atoms with van der Waals surface area (Å²) in [5, 5.41) is 15.7. The number of alkyl halides is 3. The molecule has 0 bridgehead atoms. The minimum Gasteiger partial charge on any atom is -0.307 e. The van der Waals surface area contributed by atoms with Crippen molar-refractivity contribution in [3.05, 3.63) is 89.6 Å². The summed E-state index contributed by atoms with van der Waals surface area (Å²) in [5.41, 5.74) is 1.81. The topological polar surface area (TPSA) is 96.5 Å². The number of nitrogens with zero attached hydrogens (tertiary/aromatic N) is 5. The zero-order valence-electron chi connectivity index (χ0n) is 17.1. The minimum atomic E-state index is -4.68. The molecule has 1 amide bonds. The molecule has 0 radical (unpaired) electrons. The number of carbonyl (C=O) groups is 1. The van der Waals surface area contributed by atoms with Crippen molar-refractivity contribution in [3.63, 3.8) is 0 Å². The molecular formula is C23H15F3N6O. The molecule has 4 rings (SSSR count). The molecule has 33 heavy (non-hydrogen) atoms. The average molecular weight is 448 g/mol. The van der Waals surface area contributed by atoms with Crippen LogP contribution in [0.5, 0.6) is 0 Å². The van der Waals surface area contributed by atoms with Gasteiger partial charge in [0.1, 0.15) is 17.6 Å². The van der Waals surface area contributed by atoms with Gasteiger partial charge in [-0.2, -0.15) is 23.5 Å². The van der Waals surface area contributed by atoms with Gasteiger partial charge in [-0.05, 0) is 42.8 Å². The zero-order chi connectivity index (χ0) is 23.6. The number of hydrogen-bond acceptors (Lipinski definition) is 5. The summed E-state index contributed by atoms with van der Waals surface area (Å²) in [6, 6.07) is 11.4. The van der Waals surface area contributed by atoms with Crippen molar-refractivity contribution in [1.82, 2.24) is 19.7 Å². The second-order valence-electron chi connectivity index (χ2n) is 7.11. The smallest absolute Gasteiger partial charge is 0.307 e. The number of amides is 1. The highest BCUT2D eigenvalue weighted by atomic mass is 19.4. The molecule has 10 heteroatoms. The summed E-state index contributed by atoms with van der Waals surface area (Å²) in [6.07, 6.45) is 2.14. The van der Waals surface area contributed by atoms with Crippen molar-refractivity contribution in [1.29, 1.82) is 5.26 Å². The maximum atomic E-state index is 13.1. The first kappa shape index (κ1) is 21.7. The number of anilines is 1. The number of nitrogens with one attached hydrogen (secondary N) is 1. The molecule has 0 aliphatic rings. The highest BCUT2D eigenvalue weighted by molar-refractivity contribution is 6.04. The largest absolute Gasteiger partial charge is 0.416 e. The molecule has 0 saturated heterocycles. The van der Waals surface area contributed by atoms with Crippen LogP contribution in [-0.4, -0.2) is 25.7 Å². The summed E-state index contributed by atoms with van der Waals surface area (Å²) in [5.74, 6) is -1.04. The van der Waals surface area contributed by atoms with Crippen LogP contribution in [0.2, 0.25) is 0 Å². The van der Waals surface area contributed by atoms with Gasteiger partial charge in [-0.25, -0.2) is 9.67 Å². The van der Waals surface area contributed by atoms with Crippen LogP contribution in [0.15, 0.2) is 67.3 Å². The second kappa shape index (κ2) is 8.55. The Balaban J connectivity index is 1.63. The van der Waals surface area contributed by atoms with Crippen LogP contribution in [0.3, 0.4) is 0 Å². The molecule has 0 saturated carbocycles. The van der Waals surface area contributed by atoms with E-state index in [1.54, 1.807) is 53.7 Å². The molecule has 0 aliphatic heterocycles. The van der Waals surface area contributed by atoms with E-state index in [-0.39, 0.29) is 11.4 Å². The second-order valence-corrected chi connectivity index (χ2v) is 7.11. The lowest BCUT2D eigenvalue weighted by Gasteiger charge is -2.11. The Hall–Kier alpha value is -4.52. The SMILES string of the molecule is Cc1ccc(C(=O)Nc2cc(C(F)(F)F)cc(C#N)n2)cc1-n1cc(-c2cccnc2)cn1. The Bertz CT molecular complexity index is 1370. The van der Waals surface area contributed by atoms with Crippen LogP contribution in [0.25, 0.3) is 16.8 Å². The molecule has 0 fully saturated rings. The number of hydrogen-bond donors (Lipinski definition) is 1. The van der Waals surface area contributed by atoms with Gasteiger partial charge in [-0.3, -0.25) is 9.78 Å². The first-order valence-corrected chi connectivity index (χ1v) is 9.61. The van der Waals surface area contributed by atoms with Crippen molar-refractivity contribution in [2.45, 2.75) is 13.1 Å². The molecule has 0 spiro atoms. The Labute approximate surface area is 186 Å². The number of aryl methyl sites for hydroxylation is 1. The van der Waals surface area contributed by atoms with E-state index in [0.717, 1.165) is 16.7 Å². The van der Waals surface area contributed by atoms with Gasteiger partial charge in [-0.1, -0.05) is 12.1 Å². The predicted octanol–water partition coefficient (Wildman–Crippen LogP) is 4.78. The van der Waals surface area contributed by atoms with Crippen LogP contribution < -0.4 is 5.32 Å². The van der Waals surface area contributed by atoms with Crippen LogP contribution >= 0.6 is 0 Å². The average Bonchev–Trinajstić information content (AvgIpc) is 3.29. The first-order valence-electron chi connectivity index (χ1n) is 9.61. The maximum absolute atomic E-state index is 13.1. The Morgan fingerprint density at radius 3 is 2.64 bits per heavy atom. The van der Waals surface area contributed by atoms with Crippen LogP contribution in [-0.2, 0) is 6.18 Å². The highest BCUT2D eigenvalue weighted by Crippen LogP contribution is 2.31. The van der Waals surface area contributed by atoms with Crippen molar-refractivity contribution < 1.29 is 18.0 Å². The zero-order valence-corrected chi connectivity index (χ0v) is 17.1. The van der Waals surface area contributed by atoms with Gasteiger partial charge in [-0.15, -0.1) is 0 Å². The number of carbonyl (C=O) groups excluding carboxylic acids is 1. The maximum Gasteiger partial charge on any atom is 0.416 e. The predicted molar refractivity (Wildman–Crippen MR) is 113 cm³/mol. The molecule has 1 N–H and O–H groups in total. The Kier molecular flexibility index (Phi) is 5.62. The Morgan fingerprint density at radius 2 is 1.94 bits per heavy atom. The molecule has 3 aromatic heterocycles. The monoisotopic (exact) mass is 448 g/mol. The number of benzene rings is 1. The quantitative estimate of drug-likeness (QED) is 0.485.